The van der Waals surface area contributed by atoms with E-state index in [0.29, 0.717) is 42.6 Å². The van der Waals surface area contributed by atoms with E-state index in [9.17, 15) is 13.0 Å². The Balaban J connectivity index is 1.19. The number of hydrogen-bond acceptors (Lipinski definition) is 16. The van der Waals surface area contributed by atoms with E-state index in [0.717, 1.165) is 54.1 Å². The van der Waals surface area contributed by atoms with E-state index < -0.39 is 10.1 Å². The number of aryl methyl sites for hydroxylation is 1. The number of nitrogens with zero attached hydrogens (tertiary/aromatic N) is 8. The molecule has 0 atom stereocenters. The molecule has 0 aliphatic carbocycles. The Kier molecular flexibility index (Phi) is 15.1. The van der Waals surface area contributed by atoms with Crippen LogP contribution < -0.4 is 31.9 Å². The third-order valence-electron chi connectivity index (χ3n) is 8.98. The average molecular weight is 845 g/mol. The first-order valence-electron chi connectivity index (χ1n) is 19.7. The van der Waals surface area contributed by atoms with Crippen molar-refractivity contribution in [3.05, 3.63) is 114 Å². The van der Waals surface area contributed by atoms with Crippen molar-refractivity contribution in [3.8, 4) is 0 Å². The van der Waals surface area contributed by atoms with E-state index in [1.165, 1.54) is 6.07 Å². The van der Waals surface area contributed by atoms with E-state index >= 15 is 0 Å². The van der Waals surface area contributed by atoms with Crippen LogP contribution in [-0.4, -0.2) is 107 Å². The van der Waals surface area contributed by atoms with Crippen LogP contribution in [0, 0.1) is 6.92 Å². The third-order valence-corrected chi connectivity index (χ3v) is 9.89. The highest BCUT2D eigenvalue weighted by molar-refractivity contribution is 7.86. The molecule has 0 amide bonds. The molecule has 0 aliphatic rings. The van der Waals surface area contributed by atoms with Crippen LogP contribution in [0.25, 0.3) is 12.2 Å². The van der Waals surface area contributed by atoms with E-state index in [2.05, 4.69) is 71.6 Å². The van der Waals surface area contributed by atoms with Gasteiger partial charge in [-0.3, -0.25) is 4.55 Å². The molecule has 7 N–H and O–H groups in total. The second kappa shape index (κ2) is 21.0. The molecule has 2 aromatic heterocycles. The van der Waals surface area contributed by atoms with Gasteiger partial charge >= 0.3 is 0 Å². The molecule has 0 saturated carbocycles. The fourth-order valence-corrected chi connectivity index (χ4v) is 6.69. The lowest BCUT2D eigenvalue weighted by atomic mass is 10.1. The Hall–Kier alpha value is -6.73. The predicted octanol–water partition coefficient (Wildman–Crippen LogP) is 7.48. The summed E-state index contributed by atoms with van der Waals surface area (Å²) >= 11 is 0. The standard InChI is InChI=1S/C43H52N14O3S/c1-30-28-35(48-42-52-38(44-24-12-26-56(2)3)50-40(54-42)46-33-14-8-6-9-15-33)22-20-31(30)18-19-32-21-23-36(29-37(32)61(58,59)60)49-43-53-39(45-25-13-27-57(4)5)51-41(55-43)47-34-16-10-7-11-17-34/h6-11,14-23,28-29H,12-13,24-27H2,1-5H3,(H,58,59,60)(H3,44,46,48,50,52,54)(H3,45,47,49,51,53,55)/b19-18+. The van der Waals surface area contributed by atoms with Crippen LogP contribution in [0.3, 0.4) is 0 Å². The van der Waals surface area contributed by atoms with E-state index in [-0.39, 0.29) is 22.4 Å². The topological polar surface area (TPSA) is 210 Å². The molecular weight excluding hydrogens is 793 g/mol. The van der Waals surface area contributed by atoms with Crippen molar-refractivity contribution in [2.75, 3.05) is 86.3 Å². The summed E-state index contributed by atoms with van der Waals surface area (Å²) in [6.07, 6.45) is 5.21. The van der Waals surface area contributed by atoms with Crippen molar-refractivity contribution in [1.82, 2.24) is 39.7 Å². The fourth-order valence-electron chi connectivity index (χ4n) is 5.98. The van der Waals surface area contributed by atoms with Crippen LogP contribution in [0.2, 0.25) is 0 Å². The molecule has 0 saturated heterocycles. The van der Waals surface area contributed by atoms with Gasteiger partial charge in [0, 0.05) is 35.8 Å². The first kappa shape index (κ1) is 43.8. The summed E-state index contributed by atoms with van der Waals surface area (Å²) in [6, 6.07) is 29.5. The van der Waals surface area contributed by atoms with Gasteiger partial charge in [0.1, 0.15) is 4.90 Å². The van der Waals surface area contributed by atoms with Crippen LogP contribution in [0.5, 0.6) is 0 Å². The minimum atomic E-state index is -4.64. The van der Waals surface area contributed by atoms with Crippen LogP contribution in [0.1, 0.15) is 29.5 Å². The van der Waals surface area contributed by atoms with Gasteiger partial charge in [0.05, 0.1) is 0 Å². The maximum Gasteiger partial charge on any atom is 0.295 e. The fraction of sp³-hybridized carbons (Fsp3) is 0.256. The zero-order valence-electron chi connectivity index (χ0n) is 34.9. The van der Waals surface area contributed by atoms with Crippen molar-refractivity contribution in [1.29, 1.82) is 0 Å². The molecule has 18 heteroatoms. The summed E-state index contributed by atoms with van der Waals surface area (Å²) in [6.45, 7) is 5.06. The summed E-state index contributed by atoms with van der Waals surface area (Å²) in [5, 5.41) is 19.4. The lowest BCUT2D eigenvalue weighted by Gasteiger charge is -2.13. The Labute approximate surface area is 357 Å². The molecule has 2 heterocycles. The summed E-state index contributed by atoms with van der Waals surface area (Å²) in [5.41, 5.74) is 4.72. The largest absolute Gasteiger partial charge is 0.354 e. The van der Waals surface area contributed by atoms with Crippen molar-refractivity contribution in [3.63, 3.8) is 0 Å². The Bertz CT molecular complexity index is 2510. The second-order valence-corrected chi connectivity index (χ2v) is 16.0. The molecule has 318 valence electrons. The molecule has 61 heavy (non-hydrogen) atoms. The number of rotatable bonds is 21. The predicted molar refractivity (Wildman–Crippen MR) is 245 cm³/mol. The Morgan fingerprint density at radius 1 is 0.525 bits per heavy atom. The lowest BCUT2D eigenvalue weighted by molar-refractivity contribution is 0.405. The van der Waals surface area contributed by atoms with Crippen molar-refractivity contribution < 1.29 is 13.0 Å². The van der Waals surface area contributed by atoms with Crippen LogP contribution in [0.4, 0.5) is 58.4 Å². The van der Waals surface area contributed by atoms with Crippen LogP contribution in [0.15, 0.2) is 102 Å². The van der Waals surface area contributed by atoms with Crippen LogP contribution >= 0.6 is 0 Å². The van der Waals surface area contributed by atoms with Gasteiger partial charge in [-0.25, -0.2) is 0 Å². The average Bonchev–Trinajstić information content (AvgIpc) is 3.21. The Morgan fingerprint density at radius 2 is 0.918 bits per heavy atom. The first-order valence-corrected chi connectivity index (χ1v) is 21.2. The normalized spacial score (nSPS) is 11.5. The maximum absolute atomic E-state index is 12.7. The monoisotopic (exact) mass is 844 g/mol. The second-order valence-electron chi connectivity index (χ2n) is 14.6. The van der Waals surface area contributed by atoms with Gasteiger partial charge in [0.25, 0.3) is 10.1 Å². The minimum absolute atomic E-state index is 0.172. The van der Waals surface area contributed by atoms with Gasteiger partial charge in [0.2, 0.25) is 35.7 Å². The quantitative estimate of drug-likeness (QED) is 0.0213. The molecule has 0 unspecified atom stereocenters. The zero-order valence-corrected chi connectivity index (χ0v) is 35.7. The van der Waals surface area contributed by atoms with Gasteiger partial charge in [-0.2, -0.15) is 38.3 Å². The summed E-state index contributed by atoms with van der Waals surface area (Å²) < 4.78 is 35.7. The number of para-hydroxylation sites is 2. The van der Waals surface area contributed by atoms with Gasteiger partial charge in [-0.15, -0.1) is 0 Å². The number of hydrogen-bond donors (Lipinski definition) is 7. The van der Waals surface area contributed by atoms with E-state index in [1.807, 2.05) is 114 Å². The van der Waals surface area contributed by atoms with E-state index in [4.69, 9.17) is 0 Å². The molecule has 0 spiro atoms. The Morgan fingerprint density at radius 3 is 1.34 bits per heavy atom. The third kappa shape index (κ3) is 13.9. The van der Waals surface area contributed by atoms with Gasteiger partial charge in [0.15, 0.2) is 0 Å². The van der Waals surface area contributed by atoms with Crippen molar-refractivity contribution in [2.24, 2.45) is 0 Å². The maximum atomic E-state index is 12.7. The number of anilines is 10. The zero-order chi connectivity index (χ0) is 43.2. The molecule has 6 rings (SSSR count). The molecular formula is C43H52N14O3S. The smallest absolute Gasteiger partial charge is 0.295 e. The molecule has 0 fully saturated rings. The summed E-state index contributed by atoms with van der Waals surface area (Å²) in [4.78, 5) is 31.3. The molecule has 0 radical (unpaired) electrons. The molecule has 17 nitrogen and oxygen atoms in total. The molecule has 6 aromatic rings. The lowest BCUT2D eigenvalue weighted by Crippen LogP contribution is -2.17. The number of aromatic nitrogens is 6. The SMILES string of the molecule is Cc1cc(Nc2nc(NCCCN(C)C)nc(Nc3ccccc3)n2)ccc1/C=C/c1ccc(Nc2nc(NCCCN(C)C)nc(Nc3ccccc3)n2)cc1S(=O)(=O)O. The highest BCUT2D eigenvalue weighted by atomic mass is 32.2. The first-order chi connectivity index (χ1) is 29.4. The molecule has 0 bridgehead atoms. The number of nitrogens with one attached hydrogen (secondary N) is 6. The van der Waals surface area contributed by atoms with Crippen molar-refractivity contribution in [2.45, 2.75) is 24.7 Å². The summed E-state index contributed by atoms with van der Waals surface area (Å²) in [5.74, 6) is 1.98. The number of benzene rings is 4. The van der Waals surface area contributed by atoms with E-state index in [1.54, 1.807) is 24.3 Å². The summed E-state index contributed by atoms with van der Waals surface area (Å²) in [7, 11) is 3.45. The van der Waals surface area contributed by atoms with Gasteiger partial charge < -0.3 is 41.7 Å². The van der Waals surface area contributed by atoms with Gasteiger partial charge in [-0.05, 0) is 126 Å². The van der Waals surface area contributed by atoms with Crippen molar-refractivity contribution >= 4 is 80.7 Å². The molecule has 0 aliphatic heterocycles. The highest BCUT2D eigenvalue weighted by Crippen LogP contribution is 2.27. The van der Waals surface area contributed by atoms with Crippen LogP contribution in [-0.2, 0) is 10.1 Å². The van der Waals surface area contributed by atoms with Gasteiger partial charge in [-0.1, -0.05) is 60.7 Å². The molecule has 4 aromatic carbocycles. The minimum Gasteiger partial charge on any atom is -0.354 e. The highest BCUT2D eigenvalue weighted by Gasteiger charge is 2.17.